The summed E-state index contributed by atoms with van der Waals surface area (Å²) in [5.41, 5.74) is 8.81. The normalized spacial score (nSPS) is 13.2. The predicted molar refractivity (Wildman–Crippen MR) is 196 cm³/mol. The number of nitriles is 1. The summed E-state index contributed by atoms with van der Waals surface area (Å²) in [6.07, 6.45) is 1.50. The zero-order valence-electron chi connectivity index (χ0n) is 26.7. The number of para-hydroxylation sites is 2. The van der Waals surface area contributed by atoms with Crippen molar-refractivity contribution in [2.45, 2.75) is 12.3 Å². The van der Waals surface area contributed by atoms with Gasteiger partial charge in [-0.05, 0) is 79.3 Å². The van der Waals surface area contributed by atoms with Gasteiger partial charge in [-0.3, -0.25) is 9.89 Å². The van der Waals surface area contributed by atoms with Crippen LogP contribution in [0.3, 0.4) is 0 Å². The highest BCUT2D eigenvalue weighted by Crippen LogP contribution is 2.38. The monoisotopic (exact) mass is 623 g/mol. The number of furan rings is 1. The summed E-state index contributed by atoms with van der Waals surface area (Å²) in [7, 11) is 4.01. The van der Waals surface area contributed by atoms with Gasteiger partial charge in [0, 0.05) is 33.4 Å². The van der Waals surface area contributed by atoms with E-state index in [1.54, 1.807) is 0 Å². The van der Waals surface area contributed by atoms with Crippen molar-refractivity contribution in [3.63, 3.8) is 0 Å². The summed E-state index contributed by atoms with van der Waals surface area (Å²) in [5.74, 6) is 0. The van der Waals surface area contributed by atoms with Crippen LogP contribution in [-0.2, 0) is 0 Å². The number of aliphatic imine (C=N–C) groups is 1. The second-order valence-corrected chi connectivity index (χ2v) is 12.1. The van der Waals surface area contributed by atoms with Crippen molar-refractivity contribution >= 4 is 50.0 Å². The van der Waals surface area contributed by atoms with Crippen LogP contribution in [0.15, 0.2) is 149 Å². The van der Waals surface area contributed by atoms with Crippen molar-refractivity contribution in [3.05, 3.63) is 162 Å². The third-order valence-corrected chi connectivity index (χ3v) is 9.18. The summed E-state index contributed by atoms with van der Waals surface area (Å²) in [6.45, 7) is 0. The number of nitrogens with one attached hydrogen (secondary N) is 1. The molecule has 2 unspecified atom stereocenters. The highest BCUT2D eigenvalue weighted by atomic mass is 16.3. The molecule has 8 rings (SSSR count). The fraction of sp³-hybridized carbons (Fsp3) is 0.0952. The number of hydrogen-bond donors (Lipinski definition) is 1. The molecule has 2 aromatic heterocycles. The number of rotatable bonds is 8. The molecule has 0 radical (unpaired) electrons. The molecule has 0 aliphatic rings. The van der Waals surface area contributed by atoms with E-state index >= 15 is 0 Å². The number of fused-ring (bicyclic) bond motifs is 6. The van der Waals surface area contributed by atoms with Gasteiger partial charge in [-0.2, -0.15) is 5.26 Å². The Balaban J connectivity index is 1.18. The van der Waals surface area contributed by atoms with Gasteiger partial charge in [0.15, 0.2) is 0 Å². The Morgan fingerprint density at radius 3 is 2.23 bits per heavy atom. The molecule has 6 nitrogen and oxygen atoms in total. The Bertz CT molecular complexity index is 2480. The van der Waals surface area contributed by atoms with Gasteiger partial charge in [0.2, 0.25) is 0 Å². The predicted octanol–water partition coefficient (Wildman–Crippen LogP) is 9.52. The van der Waals surface area contributed by atoms with E-state index < -0.39 is 0 Å². The van der Waals surface area contributed by atoms with Gasteiger partial charge in [-0.15, -0.1) is 0 Å². The maximum Gasteiger partial charge on any atom is 0.136 e. The lowest BCUT2D eigenvalue weighted by atomic mass is 10.1. The third kappa shape index (κ3) is 5.12. The Labute approximate surface area is 278 Å². The fourth-order valence-electron chi connectivity index (χ4n) is 6.91. The highest BCUT2D eigenvalue weighted by molar-refractivity contribution is 6.17. The van der Waals surface area contributed by atoms with Crippen LogP contribution in [0.1, 0.15) is 34.6 Å². The first kappa shape index (κ1) is 29.4. The average molecular weight is 624 g/mol. The number of hydrogen-bond acceptors (Lipinski definition) is 5. The zero-order valence-corrected chi connectivity index (χ0v) is 26.7. The smallest absolute Gasteiger partial charge is 0.136 e. The van der Waals surface area contributed by atoms with Crippen LogP contribution in [-0.4, -0.2) is 29.8 Å². The maximum absolute atomic E-state index is 9.63. The van der Waals surface area contributed by atoms with Crippen molar-refractivity contribution in [2.24, 2.45) is 4.99 Å². The van der Waals surface area contributed by atoms with E-state index in [1.807, 2.05) is 67.9 Å². The minimum absolute atomic E-state index is 0.0874. The molecule has 6 aromatic carbocycles. The molecule has 6 heteroatoms. The van der Waals surface area contributed by atoms with Crippen LogP contribution in [0.2, 0.25) is 0 Å². The molecular formula is C42H33N5O. The Kier molecular flexibility index (Phi) is 7.54. The van der Waals surface area contributed by atoms with Gasteiger partial charge >= 0.3 is 0 Å². The molecule has 0 saturated heterocycles. The zero-order chi connectivity index (χ0) is 32.6. The lowest BCUT2D eigenvalue weighted by Crippen LogP contribution is -2.36. The SMILES string of the molecule is CNC(c1ccccc1)N(C)C(/N=C/c1ccc(-n2c3ccccc3c3cc4oc5ccccc5c4cc32)cc1)c1cccc(C#N)c1. The molecule has 0 amide bonds. The van der Waals surface area contributed by atoms with Gasteiger partial charge in [0.1, 0.15) is 17.3 Å². The van der Waals surface area contributed by atoms with Crippen LogP contribution in [0, 0.1) is 11.3 Å². The van der Waals surface area contributed by atoms with Crippen molar-refractivity contribution < 1.29 is 4.42 Å². The molecule has 232 valence electrons. The van der Waals surface area contributed by atoms with E-state index in [-0.39, 0.29) is 12.3 Å². The van der Waals surface area contributed by atoms with Crippen molar-refractivity contribution in [1.29, 1.82) is 5.26 Å². The lowest BCUT2D eigenvalue weighted by Gasteiger charge is -2.33. The molecule has 8 aromatic rings. The molecule has 0 fully saturated rings. The van der Waals surface area contributed by atoms with E-state index in [1.165, 1.54) is 5.39 Å². The van der Waals surface area contributed by atoms with Crippen LogP contribution in [0.25, 0.3) is 49.4 Å². The highest BCUT2D eigenvalue weighted by Gasteiger charge is 2.24. The molecule has 48 heavy (non-hydrogen) atoms. The summed E-state index contributed by atoms with van der Waals surface area (Å²) in [4.78, 5) is 7.31. The summed E-state index contributed by atoms with van der Waals surface area (Å²) in [6, 6.07) is 50.0. The van der Waals surface area contributed by atoms with Gasteiger partial charge in [-0.25, -0.2) is 0 Å². The summed E-state index contributed by atoms with van der Waals surface area (Å²) in [5, 5.41) is 17.6. The molecule has 2 heterocycles. The summed E-state index contributed by atoms with van der Waals surface area (Å²) >= 11 is 0. The molecular weight excluding hydrogens is 590 g/mol. The van der Waals surface area contributed by atoms with Gasteiger partial charge in [-0.1, -0.05) is 91.0 Å². The first-order valence-corrected chi connectivity index (χ1v) is 16.1. The summed E-state index contributed by atoms with van der Waals surface area (Å²) < 4.78 is 8.58. The second-order valence-electron chi connectivity index (χ2n) is 12.1. The van der Waals surface area contributed by atoms with Crippen LogP contribution < -0.4 is 5.32 Å². The van der Waals surface area contributed by atoms with E-state index in [2.05, 4.69) is 113 Å². The van der Waals surface area contributed by atoms with Crippen LogP contribution >= 0.6 is 0 Å². The molecule has 2 atom stereocenters. The van der Waals surface area contributed by atoms with Crippen molar-refractivity contribution in [1.82, 2.24) is 14.8 Å². The van der Waals surface area contributed by atoms with E-state index in [4.69, 9.17) is 9.41 Å². The first-order valence-electron chi connectivity index (χ1n) is 16.1. The molecule has 0 saturated carbocycles. The average Bonchev–Trinajstić information content (AvgIpc) is 3.66. The topological polar surface area (TPSA) is 69.5 Å². The van der Waals surface area contributed by atoms with Gasteiger partial charge < -0.3 is 14.3 Å². The van der Waals surface area contributed by atoms with Gasteiger partial charge in [0.05, 0.1) is 28.8 Å². The van der Waals surface area contributed by atoms with Gasteiger partial charge in [0.25, 0.3) is 0 Å². The number of aromatic nitrogens is 1. The maximum atomic E-state index is 9.63. The minimum Gasteiger partial charge on any atom is -0.456 e. The van der Waals surface area contributed by atoms with Crippen LogP contribution in [0.4, 0.5) is 0 Å². The van der Waals surface area contributed by atoms with E-state index in [0.29, 0.717) is 5.56 Å². The quantitative estimate of drug-likeness (QED) is 0.135. The van der Waals surface area contributed by atoms with E-state index in [9.17, 15) is 5.26 Å². The molecule has 1 N–H and O–H groups in total. The largest absolute Gasteiger partial charge is 0.456 e. The first-order chi connectivity index (χ1) is 23.6. The third-order valence-electron chi connectivity index (χ3n) is 9.18. The minimum atomic E-state index is -0.333. The molecule has 0 aliphatic heterocycles. The Morgan fingerprint density at radius 1 is 0.708 bits per heavy atom. The standard InChI is InChI=1S/C42H33N5O/c1-44-41(30-12-4-3-5-13-30)46(2)42(31-14-10-11-29(23-31)26-43)45-27-28-19-21-32(22-20-28)47-37-17-8-6-15-33(37)35-25-40-36(24-38(35)47)34-16-7-9-18-39(34)48-40/h3-25,27,41-42,44H,1-2H3/b45-27+. The number of benzene rings is 6. The van der Waals surface area contributed by atoms with Crippen molar-refractivity contribution in [3.8, 4) is 11.8 Å². The molecule has 0 bridgehead atoms. The molecule has 0 spiro atoms. The van der Waals surface area contributed by atoms with Crippen LogP contribution in [0.5, 0.6) is 0 Å². The Hall–Kier alpha value is -6.00. The Morgan fingerprint density at radius 2 is 1.44 bits per heavy atom. The second kappa shape index (κ2) is 12.3. The van der Waals surface area contributed by atoms with E-state index in [0.717, 1.165) is 60.7 Å². The molecule has 0 aliphatic carbocycles. The lowest BCUT2D eigenvalue weighted by molar-refractivity contribution is 0.157. The number of nitrogens with zero attached hydrogens (tertiary/aromatic N) is 4. The van der Waals surface area contributed by atoms with Crippen molar-refractivity contribution in [2.75, 3.05) is 14.1 Å². The fourth-order valence-corrected chi connectivity index (χ4v) is 6.91.